The van der Waals surface area contributed by atoms with Crippen molar-refractivity contribution in [3.63, 3.8) is 0 Å². The Morgan fingerprint density at radius 3 is 2.52 bits per heavy atom. The van der Waals surface area contributed by atoms with Crippen LogP contribution < -0.4 is 15.4 Å². The van der Waals surface area contributed by atoms with Crippen LogP contribution in [0.25, 0.3) is 0 Å². The highest BCUT2D eigenvalue weighted by atomic mass is 35.5. The molecule has 7 heteroatoms. The van der Waals surface area contributed by atoms with Crippen molar-refractivity contribution in [3.8, 4) is 5.75 Å². The van der Waals surface area contributed by atoms with E-state index in [-0.39, 0.29) is 17.9 Å². The van der Waals surface area contributed by atoms with Gasteiger partial charge in [-0.1, -0.05) is 36.2 Å². The zero-order valence-corrected chi connectivity index (χ0v) is 16.9. The van der Waals surface area contributed by atoms with Crippen molar-refractivity contribution in [2.24, 2.45) is 0 Å². The highest BCUT2D eigenvalue weighted by Gasteiger charge is 2.17. The van der Waals surface area contributed by atoms with Crippen LogP contribution in [0, 0.1) is 0 Å². The second kappa shape index (κ2) is 9.62. The molecule has 27 heavy (non-hydrogen) atoms. The van der Waals surface area contributed by atoms with Crippen molar-refractivity contribution in [2.45, 2.75) is 39.3 Å². The van der Waals surface area contributed by atoms with E-state index in [0.717, 1.165) is 6.42 Å². The molecule has 0 fully saturated rings. The summed E-state index contributed by atoms with van der Waals surface area (Å²) in [6, 6.07) is 11.6. The lowest BCUT2D eigenvalue weighted by molar-refractivity contribution is -0.122. The predicted molar refractivity (Wildman–Crippen MR) is 109 cm³/mol. The van der Waals surface area contributed by atoms with Gasteiger partial charge in [0.1, 0.15) is 5.75 Å². The van der Waals surface area contributed by atoms with Crippen molar-refractivity contribution in [3.05, 3.63) is 58.1 Å². The molecule has 0 aromatic heterocycles. The van der Waals surface area contributed by atoms with Crippen LogP contribution in [0.1, 0.15) is 37.6 Å². The minimum absolute atomic E-state index is 0.0771. The number of carbonyl (C=O) groups is 2. The van der Waals surface area contributed by atoms with Gasteiger partial charge in [0, 0.05) is 22.3 Å². The van der Waals surface area contributed by atoms with E-state index in [1.807, 2.05) is 13.8 Å². The lowest BCUT2D eigenvalue weighted by atomic mass is 10.1. The summed E-state index contributed by atoms with van der Waals surface area (Å²) in [5.41, 5.74) is 0.983. The molecule has 0 saturated carbocycles. The van der Waals surface area contributed by atoms with Crippen LogP contribution in [-0.4, -0.2) is 24.0 Å². The predicted octanol–water partition coefficient (Wildman–Crippen LogP) is 4.93. The zero-order chi connectivity index (χ0) is 20.0. The maximum Gasteiger partial charge on any atom is 0.265 e. The van der Waals surface area contributed by atoms with Gasteiger partial charge in [0.05, 0.1) is 5.02 Å². The maximum atomic E-state index is 12.4. The van der Waals surface area contributed by atoms with Crippen LogP contribution in [0.5, 0.6) is 5.75 Å². The molecule has 2 unspecified atom stereocenters. The maximum absolute atomic E-state index is 12.4. The van der Waals surface area contributed by atoms with Gasteiger partial charge < -0.3 is 15.4 Å². The zero-order valence-electron chi connectivity index (χ0n) is 15.4. The highest BCUT2D eigenvalue weighted by Crippen LogP contribution is 2.28. The van der Waals surface area contributed by atoms with Crippen molar-refractivity contribution >= 4 is 40.7 Å². The Morgan fingerprint density at radius 2 is 1.85 bits per heavy atom. The normalized spacial score (nSPS) is 12.8. The summed E-state index contributed by atoms with van der Waals surface area (Å²) in [6.07, 6.45) is 0.0471. The second-order valence-electron chi connectivity index (χ2n) is 6.19. The molecule has 0 bridgehead atoms. The summed E-state index contributed by atoms with van der Waals surface area (Å²) in [5, 5.41) is 6.44. The highest BCUT2D eigenvalue weighted by molar-refractivity contribution is 6.35. The summed E-state index contributed by atoms with van der Waals surface area (Å²) >= 11 is 11.9. The first kappa shape index (κ1) is 21.1. The summed E-state index contributed by atoms with van der Waals surface area (Å²) in [6.45, 7) is 5.54. The van der Waals surface area contributed by atoms with E-state index in [9.17, 15) is 9.59 Å². The molecule has 0 heterocycles. The minimum atomic E-state index is -0.790. The third kappa shape index (κ3) is 6.15. The molecule has 0 radical (unpaired) electrons. The summed E-state index contributed by atoms with van der Waals surface area (Å²) in [4.78, 5) is 24.6. The first-order chi connectivity index (χ1) is 12.8. The number of hydrogen-bond acceptors (Lipinski definition) is 3. The van der Waals surface area contributed by atoms with Gasteiger partial charge in [0.15, 0.2) is 6.10 Å². The number of nitrogens with one attached hydrogen (secondary N) is 2. The molecular formula is C20H22Cl2N2O3. The first-order valence-electron chi connectivity index (χ1n) is 8.63. The molecule has 0 spiro atoms. The Balaban J connectivity index is 2.02. The lowest BCUT2D eigenvalue weighted by Crippen LogP contribution is -2.32. The van der Waals surface area contributed by atoms with E-state index in [1.165, 1.54) is 0 Å². The van der Waals surface area contributed by atoms with E-state index < -0.39 is 6.10 Å². The van der Waals surface area contributed by atoms with Crippen LogP contribution in [0.4, 0.5) is 5.69 Å². The van der Waals surface area contributed by atoms with Crippen LogP contribution in [0.2, 0.25) is 10.0 Å². The summed E-state index contributed by atoms with van der Waals surface area (Å²) < 4.78 is 5.60. The van der Waals surface area contributed by atoms with E-state index in [2.05, 4.69) is 10.6 Å². The Labute approximate surface area is 169 Å². The number of ether oxygens (including phenoxy) is 1. The Hall–Kier alpha value is -2.24. The van der Waals surface area contributed by atoms with E-state index in [4.69, 9.17) is 27.9 Å². The fourth-order valence-corrected chi connectivity index (χ4v) is 2.66. The monoisotopic (exact) mass is 408 g/mol. The molecule has 0 saturated heterocycles. The smallest absolute Gasteiger partial charge is 0.265 e. The SMILES string of the molecule is CCC(C)NC(=O)c1cccc(NC(=O)C(C)Oc2ccc(Cl)cc2Cl)c1. The first-order valence-corrected chi connectivity index (χ1v) is 9.39. The van der Waals surface area contributed by atoms with Gasteiger partial charge in [0.2, 0.25) is 0 Å². The fourth-order valence-electron chi connectivity index (χ4n) is 2.21. The van der Waals surface area contributed by atoms with Gasteiger partial charge in [-0.25, -0.2) is 0 Å². The Bertz CT molecular complexity index is 827. The van der Waals surface area contributed by atoms with Crippen LogP contribution in [0.15, 0.2) is 42.5 Å². The third-order valence-electron chi connectivity index (χ3n) is 3.95. The molecule has 2 aromatic rings. The quantitative estimate of drug-likeness (QED) is 0.682. The van der Waals surface area contributed by atoms with Crippen LogP contribution in [-0.2, 0) is 4.79 Å². The number of rotatable bonds is 7. The third-order valence-corrected chi connectivity index (χ3v) is 4.48. The fraction of sp³-hybridized carbons (Fsp3) is 0.300. The molecular weight excluding hydrogens is 387 g/mol. The Morgan fingerprint density at radius 1 is 1.11 bits per heavy atom. The summed E-state index contributed by atoms with van der Waals surface area (Å²) in [5.74, 6) is -0.177. The molecule has 0 aliphatic carbocycles. The number of benzene rings is 2. The number of carbonyl (C=O) groups excluding carboxylic acids is 2. The van der Waals surface area contributed by atoms with Crippen molar-refractivity contribution in [1.29, 1.82) is 0 Å². The number of amides is 2. The summed E-state index contributed by atoms with van der Waals surface area (Å²) in [7, 11) is 0. The number of anilines is 1. The molecule has 2 amide bonds. The largest absolute Gasteiger partial charge is 0.479 e. The number of hydrogen-bond donors (Lipinski definition) is 2. The molecule has 2 aromatic carbocycles. The van der Waals surface area contributed by atoms with Gasteiger partial charge in [0.25, 0.3) is 11.8 Å². The topological polar surface area (TPSA) is 67.4 Å². The molecule has 5 nitrogen and oxygen atoms in total. The van der Waals surface area contributed by atoms with Gasteiger partial charge >= 0.3 is 0 Å². The Kier molecular flexibility index (Phi) is 7.51. The van der Waals surface area contributed by atoms with Gasteiger partial charge in [-0.2, -0.15) is 0 Å². The van der Waals surface area contributed by atoms with Gasteiger partial charge in [-0.3, -0.25) is 9.59 Å². The number of halogens is 2. The van der Waals surface area contributed by atoms with Crippen molar-refractivity contribution < 1.29 is 14.3 Å². The molecule has 0 aliphatic heterocycles. The van der Waals surface area contributed by atoms with Gasteiger partial charge in [-0.15, -0.1) is 0 Å². The standard InChI is InChI=1S/C20H22Cl2N2O3/c1-4-12(2)23-20(26)14-6-5-7-16(10-14)24-19(25)13(3)27-18-9-8-15(21)11-17(18)22/h5-13H,4H2,1-3H3,(H,23,26)(H,24,25). The van der Waals surface area contributed by atoms with E-state index >= 15 is 0 Å². The van der Waals surface area contributed by atoms with E-state index in [0.29, 0.717) is 27.0 Å². The minimum Gasteiger partial charge on any atom is -0.479 e. The average Bonchev–Trinajstić information content (AvgIpc) is 2.63. The molecule has 2 atom stereocenters. The van der Waals surface area contributed by atoms with Crippen molar-refractivity contribution in [1.82, 2.24) is 5.32 Å². The average molecular weight is 409 g/mol. The second-order valence-corrected chi connectivity index (χ2v) is 7.03. The van der Waals surface area contributed by atoms with Gasteiger partial charge in [-0.05, 0) is 56.7 Å². The molecule has 2 N–H and O–H groups in total. The van der Waals surface area contributed by atoms with Crippen LogP contribution >= 0.6 is 23.2 Å². The lowest BCUT2D eigenvalue weighted by Gasteiger charge is -2.16. The molecule has 0 aliphatic rings. The van der Waals surface area contributed by atoms with E-state index in [1.54, 1.807) is 49.4 Å². The molecule has 2 rings (SSSR count). The van der Waals surface area contributed by atoms with Crippen molar-refractivity contribution in [2.75, 3.05) is 5.32 Å². The van der Waals surface area contributed by atoms with Crippen LogP contribution in [0.3, 0.4) is 0 Å². The molecule has 144 valence electrons.